The van der Waals surface area contributed by atoms with Crippen molar-refractivity contribution in [1.29, 1.82) is 0 Å². The molecule has 0 aliphatic rings. The summed E-state index contributed by atoms with van der Waals surface area (Å²) in [5.41, 5.74) is 2.18. The Balaban J connectivity index is 1.82. The molecule has 0 atom stereocenters. The molecule has 0 fully saturated rings. The Morgan fingerprint density at radius 1 is 1.33 bits per heavy atom. The number of rotatable bonds is 3. The van der Waals surface area contributed by atoms with Crippen molar-refractivity contribution in [2.24, 2.45) is 0 Å². The van der Waals surface area contributed by atoms with E-state index in [1.165, 1.54) is 12.1 Å². The molecular weight excluding hydrogens is 267 g/mol. The van der Waals surface area contributed by atoms with Gasteiger partial charge in [0, 0.05) is 36.0 Å². The minimum Gasteiger partial charge on any atom is -0.326 e. The number of halogens is 1. The van der Waals surface area contributed by atoms with Gasteiger partial charge in [0.15, 0.2) is 0 Å². The van der Waals surface area contributed by atoms with Crippen LogP contribution in [0.4, 0.5) is 10.1 Å². The van der Waals surface area contributed by atoms with Crippen LogP contribution in [0.15, 0.2) is 42.6 Å². The number of aryl methyl sites for hydroxylation is 1. The molecule has 1 heterocycles. The van der Waals surface area contributed by atoms with Crippen molar-refractivity contribution < 1.29 is 9.18 Å². The summed E-state index contributed by atoms with van der Waals surface area (Å²) < 4.78 is 12.9. The van der Waals surface area contributed by atoms with Crippen LogP contribution in [0.2, 0.25) is 0 Å². The molecule has 0 saturated carbocycles. The maximum atomic E-state index is 12.9. The third-order valence-corrected chi connectivity index (χ3v) is 2.71. The number of benzene rings is 1. The minimum absolute atomic E-state index is 0.103. The standard InChI is InChI=1S/C17H15FN2O/c1-13-11-16(9-10-19-13)20-17(21)8-3-2-5-14-6-4-7-15(18)12-14/h4,6-7,9-12H,3,8H2,1H3,(H,19,20,21). The SMILES string of the molecule is Cc1cc(NC(=O)CCC#Cc2cccc(F)c2)ccn1. The van der Waals surface area contributed by atoms with Gasteiger partial charge >= 0.3 is 0 Å². The summed E-state index contributed by atoms with van der Waals surface area (Å²) in [6, 6.07) is 9.62. The topological polar surface area (TPSA) is 42.0 Å². The smallest absolute Gasteiger partial charge is 0.225 e. The van der Waals surface area contributed by atoms with E-state index in [1.54, 1.807) is 30.5 Å². The first kappa shape index (κ1) is 14.7. The molecule has 0 unspecified atom stereocenters. The van der Waals surface area contributed by atoms with Crippen LogP contribution in [0.3, 0.4) is 0 Å². The van der Waals surface area contributed by atoms with Crippen molar-refractivity contribution in [3.8, 4) is 11.8 Å². The van der Waals surface area contributed by atoms with Crippen LogP contribution in [-0.4, -0.2) is 10.9 Å². The van der Waals surface area contributed by atoms with Crippen LogP contribution < -0.4 is 5.32 Å². The van der Waals surface area contributed by atoms with Crippen molar-refractivity contribution in [3.63, 3.8) is 0 Å². The average molecular weight is 282 g/mol. The molecule has 0 spiro atoms. The lowest BCUT2D eigenvalue weighted by molar-refractivity contribution is -0.116. The molecule has 0 aliphatic carbocycles. The Labute approximate surface area is 123 Å². The van der Waals surface area contributed by atoms with E-state index in [-0.39, 0.29) is 11.7 Å². The number of hydrogen-bond acceptors (Lipinski definition) is 2. The first-order valence-corrected chi connectivity index (χ1v) is 6.60. The summed E-state index contributed by atoms with van der Waals surface area (Å²) in [5.74, 6) is 5.29. The van der Waals surface area contributed by atoms with Crippen LogP contribution in [0.25, 0.3) is 0 Å². The van der Waals surface area contributed by atoms with Crippen molar-refractivity contribution in [2.45, 2.75) is 19.8 Å². The normalized spacial score (nSPS) is 9.62. The third kappa shape index (κ3) is 5.07. The second kappa shape index (κ2) is 7.20. The summed E-state index contributed by atoms with van der Waals surface area (Å²) in [6.07, 6.45) is 2.37. The molecule has 1 aromatic heterocycles. The Hall–Kier alpha value is -2.67. The molecule has 106 valence electrons. The summed E-state index contributed by atoms with van der Waals surface area (Å²) in [4.78, 5) is 15.8. The highest BCUT2D eigenvalue weighted by Gasteiger charge is 2.01. The van der Waals surface area contributed by atoms with E-state index in [2.05, 4.69) is 22.1 Å². The molecule has 0 bridgehead atoms. The average Bonchev–Trinajstić information content (AvgIpc) is 2.44. The van der Waals surface area contributed by atoms with Gasteiger partial charge in [-0.05, 0) is 37.3 Å². The van der Waals surface area contributed by atoms with Crippen molar-refractivity contribution in [2.75, 3.05) is 5.32 Å². The lowest BCUT2D eigenvalue weighted by Gasteiger charge is -2.03. The zero-order valence-corrected chi connectivity index (χ0v) is 11.7. The predicted octanol–water partition coefficient (Wildman–Crippen LogP) is 3.30. The lowest BCUT2D eigenvalue weighted by atomic mass is 10.2. The first-order valence-electron chi connectivity index (χ1n) is 6.60. The summed E-state index contributed by atoms with van der Waals surface area (Å²) >= 11 is 0. The summed E-state index contributed by atoms with van der Waals surface area (Å²) in [7, 11) is 0. The van der Waals surface area contributed by atoms with Crippen LogP contribution in [-0.2, 0) is 4.79 Å². The third-order valence-electron chi connectivity index (χ3n) is 2.71. The van der Waals surface area contributed by atoms with Gasteiger partial charge in [-0.15, -0.1) is 0 Å². The predicted molar refractivity (Wildman–Crippen MR) is 80.1 cm³/mol. The highest BCUT2D eigenvalue weighted by atomic mass is 19.1. The maximum absolute atomic E-state index is 12.9. The largest absolute Gasteiger partial charge is 0.326 e. The van der Waals surface area contributed by atoms with Crippen molar-refractivity contribution in [3.05, 3.63) is 59.7 Å². The van der Waals surface area contributed by atoms with Crippen LogP contribution in [0.1, 0.15) is 24.1 Å². The van der Waals surface area contributed by atoms with Gasteiger partial charge in [0.05, 0.1) is 0 Å². The lowest BCUT2D eigenvalue weighted by Crippen LogP contribution is -2.10. The highest BCUT2D eigenvalue weighted by molar-refractivity contribution is 5.90. The number of hydrogen-bond donors (Lipinski definition) is 1. The number of aromatic nitrogens is 1. The van der Waals surface area contributed by atoms with E-state index in [0.29, 0.717) is 18.4 Å². The van der Waals surface area contributed by atoms with Crippen molar-refractivity contribution in [1.82, 2.24) is 4.98 Å². The summed E-state index contributed by atoms with van der Waals surface area (Å²) in [5, 5.41) is 2.78. The molecule has 2 rings (SSSR count). The van der Waals surface area contributed by atoms with Crippen LogP contribution >= 0.6 is 0 Å². The molecule has 21 heavy (non-hydrogen) atoms. The Bertz CT molecular complexity index is 701. The monoisotopic (exact) mass is 282 g/mol. The van der Waals surface area contributed by atoms with E-state index >= 15 is 0 Å². The van der Waals surface area contributed by atoms with Gasteiger partial charge in [-0.3, -0.25) is 9.78 Å². The molecule has 3 nitrogen and oxygen atoms in total. The van der Waals surface area contributed by atoms with Gasteiger partial charge in [-0.25, -0.2) is 4.39 Å². The first-order chi connectivity index (χ1) is 10.1. The van der Waals surface area contributed by atoms with E-state index < -0.39 is 0 Å². The van der Waals surface area contributed by atoms with E-state index in [0.717, 1.165) is 11.4 Å². The van der Waals surface area contributed by atoms with Crippen molar-refractivity contribution >= 4 is 11.6 Å². The number of carbonyl (C=O) groups is 1. The minimum atomic E-state index is -0.312. The Morgan fingerprint density at radius 2 is 2.19 bits per heavy atom. The number of carbonyl (C=O) groups excluding carboxylic acids is 1. The second-order valence-corrected chi connectivity index (χ2v) is 4.55. The number of nitrogens with zero attached hydrogens (tertiary/aromatic N) is 1. The molecule has 0 saturated heterocycles. The molecule has 0 radical (unpaired) electrons. The van der Waals surface area contributed by atoms with Gasteiger partial charge in [-0.1, -0.05) is 17.9 Å². The number of nitrogens with one attached hydrogen (secondary N) is 1. The molecule has 2 aromatic rings. The van der Waals surface area contributed by atoms with Gasteiger partial charge in [-0.2, -0.15) is 0 Å². The number of amides is 1. The second-order valence-electron chi connectivity index (χ2n) is 4.55. The maximum Gasteiger partial charge on any atom is 0.225 e. The number of pyridine rings is 1. The molecule has 4 heteroatoms. The van der Waals surface area contributed by atoms with Gasteiger partial charge < -0.3 is 5.32 Å². The zero-order chi connectivity index (χ0) is 15.1. The molecular formula is C17H15FN2O. The van der Waals surface area contributed by atoms with Gasteiger partial charge in [0.1, 0.15) is 5.82 Å². The fourth-order valence-electron chi connectivity index (χ4n) is 1.75. The Morgan fingerprint density at radius 3 is 2.95 bits per heavy atom. The van der Waals surface area contributed by atoms with Gasteiger partial charge in [0.25, 0.3) is 0 Å². The summed E-state index contributed by atoms with van der Waals surface area (Å²) in [6.45, 7) is 1.86. The Kier molecular flexibility index (Phi) is 5.05. The fraction of sp³-hybridized carbons (Fsp3) is 0.176. The van der Waals surface area contributed by atoms with Gasteiger partial charge in [0.2, 0.25) is 5.91 Å². The van der Waals surface area contributed by atoms with E-state index in [1.807, 2.05) is 6.92 Å². The molecule has 1 amide bonds. The van der Waals surface area contributed by atoms with E-state index in [9.17, 15) is 9.18 Å². The highest BCUT2D eigenvalue weighted by Crippen LogP contribution is 2.08. The molecule has 0 aliphatic heterocycles. The molecule has 1 aromatic carbocycles. The van der Waals surface area contributed by atoms with Crippen LogP contribution in [0.5, 0.6) is 0 Å². The zero-order valence-electron chi connectivity index (χ0n) is 11.7. The van der Waals surface area contributed by atoms with Crippen LogP contribution in [0, 0.1) is 24.6 Å². The molecule has 1 N–H and O–H groups in total. The quantitative estimate of drug-likeness (QED) is 0.878. The number of anilines is 1. The van der Waals surface area contributed by atoms with E-state index in [4.69, 9.17) is 0 Å². The fourth-order valence-corrected chi connectivity index (χ4v) is 1.75.